The molecule has 1 heterocycles. The summed E-state index contributed by atoms with van der Waals surface area (Å²) in [6.45, 7) is -5.10. The maximum atomic E-state index is 12.2. The molecule has 2 nitrogen and oxygen atoms in total. The molecule has 0 saturated heterocycles. The number of hydrogen-bond acceptors (Lipinski definition) is 1. The van der Waals surface area contributed by atoms with E-state index in [0.29, 0.717) is 6.07 Å². The van der Waals surface area contributed by atoms with Gasteiger partial charge in [0.05, 0.1) is 0 Å². The maximum Gasteiger partial charge on any atom is 0.511 e. The van der Waals surface area contributed by atoms with E-state index in [1.54, 1.807) is 0 Å². The van der Waals surface area contributed by atoms with Crippen molar-refractivity contribution < 1.29 is 12.9 Å². The molecule has 0 amide bonds. The van der Waals surface area contributed by atoms with Crippen LogP contribution < -0.4 is 11.0 Å². The Morgan fingerprint density at radius 3 is 2.38 bits per heavy atom. The number of pyridine rings is 1. The molecule has 1 aromatic heterocycles. The highest BCUT2D eigenvalue weighted by Crippen LogP contribution is 2.09. The number of aromatic nitrogens is 1. The van der Waals surface area contributed by atoms with Gasteiger partial charge in [0, 0.05) is 7.05 Å². The van der Waals surface area contributed by atoms with E-state index in [4.69, 9.17) is 11.6 Å². The van der Waals surface area contributed by atoms with E-state index in [9.17, 15) is 17.7 Å². The highest BCUT2D eigenvalue weighted by atomic mass is 35.5. The largest absolute Gasteiger partial charge is 0.511 e. The first kappa shape index (κ1) is 10.2. The molecule has 1 aromatic rings. The highest BCUT2D eigenvalue weighted by molar-refractivity contribution is 6.73. The Kier molecular flexibility index (Phi) is 2.43. The summed E-state index contributed by atoms with van der Waals surface area (Å²) in [7, 11) is 1.22. The van der Waals surface area contributed by atoms with E-state index in [1.165, 1.54) is 7.05 Å². The molecule has 0 atom stereocenters. The summed E-state index contributed by atoms with van der Waals surface area (Å²) >= 11 is 5.30. The van der Waals surface area contributed by atoms with Crippen molar-refractivity contribution in [1.82, 2.24) is 4.57 Å². The molecule has 7 heteroatoms. The van der Waals surface area contributed by atoms with E-state index >= 15 is 0 Å². The second-order valence-electron chi connectivity index (χ2n) is 2.61. The Morgan fingerprint density at radius 1 is 1.46 bits per heavy atom. The van der Waals surface area contributed by atoms with Crippen LogP contribution >= 0.6 is 11.6 Å². The lowest BCUT2D eigenvalue weighted by Gasteiger charge is -2.15. The van der Waals surface area contributed by atoms with Crippen molar-refractivity contribution in [2.75, 3.05) is 0 Å². The van der Waals surface area contributed by atoms with Crippen molar-refractivity contribution in [3.05, 3.63) is 27.6 Å². The predicted molar refractivity (Wildman–Crippen MR) is 45.4 cm³/mol. The van der Waals surface area contributed by atoms with Crippen molar-refractivity contribution >= 4 is 24.0 Å². The third kappa shape index (κ3) is 2.06. The SMILES string of the molecule is Cn1cc([B-](F)(F)F)cc(Cl)c1=O. The minimum Gasteiger partial charge on any atom is -0.445 e. The van der Waals surface area contributed by atoms with E-state index < -0.39 is 23.0 Å². The predicted octanol–water partition coefficient (Wildman–Crippen LogP) is 1.09. The van der Waals surface area contributed by atoms with Crippen molar-refractivity contribution in [2.24, 2.45) is 7.05 Å². The Hall–Kier alpha value is -0.905. The summed E-state index contributed by atoms with van der Waals surface area (Å²) < 4.78 is 37.3. The molecular weight excluding hydrogens is 205 g/mol. The van der Waals surface area contributed by atoms with E-state index in [2.05, 4.69) is 0 Å². The average molecular weight is 210 g/mol. The fraction of sp³-hybridized carbons (Fsp3) is 0.167. The van der Waals surface area contributed by atoms with Crippen LogP contribution in [0.15, 0.2) is 17.1 Å². The molecule has 0 radical (unpaired) electrons. The third-order valence-electron chi connectivity index (χ3n) is 1.54. The first-order chi connectivity index (χ1) is 5.82. The summed E-state index contributed by atoms with van der Waals surface area (Å²) in [6, 6.07) is 0.643. The molecule has 1 rings (SSSR count). The molecule has 0 saturated carbocycles. The Balaban J connectivity index is 3.38. The minimum atomic E-state index is -5.10. The molecular formula is C6H5BClF3NO-. The zero-order valence-electron chi connectivity index (χ0n) is 6.60. The summed E-state index contributed by atoms with van der Waals surface area (Å²) in [4.78, 5) is 10.9. The van der Waals surface area contributed by atoms with Crippen LogP contribution in [-0.2, 0) is 7.05 Å². The van der Waals surface area contributed by atoms with Gasteiger partial charge in [-0.1, -0.05) is 23.1 Å². The van der Waals surface area contributed by atoms with Gasteiger partial charge in [-0.2, -0.15) is 0 Å². The Morgan fingerprint density at radius 2 is 2.00 bits per heavy atom. The molecule has 0 fully saturated rings. The fourth-order valence-electron chi connectivity index (χ4n) is 0.875. The van der Waals surface area contributed by atoms with Crippen LogP contribution in [0.1, 0.15) is 0 Å². The molecule has 13 heavy (non-hydrogen) atoms. The van der Waals surface area contributed by atoms with E-state index in [0.717, 1.165) is 10.8 Å². The van der Waals surface area contributed by atoms with E-state index in [-0.39, 0.29) is 0 Å². The number of nitrogens with zero attached hydrogens (tertiary/aromatic N) is 1. The summed E-state index contributed by atoms with van der Waals surface area (Å²) in [5, 5.41) is -0.417. The standard InChI is InChI=1S/C6H5BClF3NO/c1-12-3-4(7(9,10)11)2-5(8)6(12)13/h2-3H,1H3/q-1. The van der Waals surface area contributed by atoms with Gasteiger partial charge in [-0.15, -0.1) is 0 Å². The van der Waals surface area contributed by atoms with Gasteiger partial charge in [-0.05, 0) is 6.20 Å². The lowest BCUT2D eigenvalue weighted by atomic mass is 9.81. The molecule has 0 unspecified atom stereocenters. The Bertz CT molecular complexity index is 360. The quantitative estimate of drug-likeness (QED) is 0.636. The van der Waals surface area contributed by atoms with Gasteiger partial charge < -0.3 is 17.5 Å². The van der Waals surface area contributed by atoms with Gasteiger partial charge >= 0.3 is 6.98 Å². The molecule has 0 bridgehead atoms. The van der Waals surface area contributed by atoms with Gasteiger partial charge in [0.15, 0.2) is 0 Å². The number of hydrogen-bond donors (Lipinski definition) is 0. The zero-order valence-corrected chi connectivity index (χ0v) is 7.36. The molecule has 0 N–H and O–H groups in total. The first-order valence-electron chi connectivity index (χ1n) is 3.38. The zero-order chi connectivity index (χ0) is 10.2. The molecule has 0 aliphatic heterocycles. The van der Waals surface area contributed by atoms with Crippen LogP contribution in [-0.4, -0.2) is 11.5 Å². The monoisotopic (exact) mass is 210 g/mol. The second-order valence-corrected chi connectivity index (χ2v) is 3.02. The van der Waals surface area contributed by atoms with Crippen LogP contribution in [0.5, 0.6) is 0 Å². The number of halogens is 4. The third-order valence-corrected chi connectivity index (χ3v) is 1.81. The van der Waals surface area contributed by atoms with Crippen molar-refractivity contribution in [2.45, 2.75) is 0 Å². The summed E-state index contributed by atoms with van der Waals surface area (Å²) in [5.41, 5.74) is -1.50. The van der Waals surface area contributed by atoms with Crippen LogP contribution in [0.2, 0.25) is 5.02 Å². The molecule has 72 valence electrons. The number of aryl methyl sites for hydroxylation is 1. The molecule has 0 aliphatic carbocycles. The van der Waals surface area contributed by atoms with Crippen molar-refractivity contribution in [3.8, 4) is 0 Å². The van der Waals surface area contributed by atoms with Crippen LogP contribution in [0.25, 0.3) is 0 Å². The van der Waals surface area contributed by atoms with Crippen molar-refractivity contribution in [1.29, 1.82) is 0 Å². The average Bonchev–Trinajstić information content (AvgIpc) is 1.97. The first-order valence-corrected chi connectivity index (χ1v) is 3.76. The van der Waals surface area contributed by atoms with Gasteiger partial charge in [0.2, 0.25) is 0 Å². The van der Waals surface area contributed by atoms with E-state index in [1.807, 2.05) is 0 Å². The van der Waals surface area contributed by atoms with Crippen LogP contribution in [0.4, 0.5) is 12.9 Å². The summed E-state index contributed by atoms with van der Waals surface area (Å²) in [6.07, 6.45) is 0.730. The fourth-order valence-corrected chi connectivity index (χ4v) is 1.13. The van der Waals surface area contributed by atoms with Gasteiger partial charge in [-0.25, -0.2) is 0 Å². The normalized spacial score (nSPS) is 11.8. The molecule has 0 aromatic carbocycles. The van der Waals surface area contributed by atoms with Crippen LogP contribution in [0, 0.1) is 0 Å². The molecule has 0 aliphatic rings. The Labute approximate surface area is 77.0 Å². The highest BCUT2D eigenvalue weighted by Gasteiger charge is 2.26. The van der Waals surface area contributed by atoms with Crippen LogP contribution in [0.3, 0.4) is 0 Å². The lowest BCUT2D eigenvalue weighted by Crippen LogP contribution is -2.37. The maximum absolute atomic E-state index is 12.2. The number of rotatable bonds is 1. The topological polar surface area (TPSA) is 22.0 Å². The molecule has 0 spiro atoms. The van der Waals surface area contributed by atoms with Gasteiger partial charge in [-0.3, -0.25) is 4.79 Å². The van der Waals surface area contributed by atoms with Gasteiger partial charge in [0.25, 0.3) is 5.56 Å². The van der Waals surface area contributed by atoms with Crippen molar-refractivity contribution in [3.63, 3.8) is 0 Å². The van der Waals surface area contributed by atoms with Gasteiger partial charge in [0.1, 0.15) is 5.02 Å². The second kappa shape index (κ2) is 3.10. The minimum absolute atomic E-state index is 0.417. The lowest BCUT2D eigenvalue weighted by molar-refractivity contribution is 0.500. The smallest absolute Gasteiger partial charge is 0.445 e. The summed E-state index contributed by atoms with van der Waals surface area (Å²) in [5.74, 6) is 0.